The van der Waals surface area contributed by atoms with Crippen molar-refractivity contribution in [3.8, 4) is 0 Å². The van der Waals surface area contributed by atoms with Crippen molar-refractivity contribution in [2.45, 2.75) is 38.7 Å². The van der Waals surface area contributed by atoms with Crippen LogP contribution < -0.4 is 0 Å². The van der Waals surface area contributed by atoms with Crippen LogP contribution in [-0.4, -0.2) is 29.1 Å². The van der Waals surface area contributed by atoms with Crippen molar-refractivity contribution < 1.29 is 24.0 Å². The summed E-state index contributed by atoms with van der Waals surface area (Å²) in [6.07, 6.45) is 0.842. The molecule has 1 heterocycles. The van der Waals surface area contributed by atoms with Gasteiger partial charge in [-0.25, -0.2) is 4.79 Å². The minimum atomic E-state index is -0.947. The molecule has 2 unspecified atom stereocenters. The first-order chi connectivity index (χ1) is 8.56. The highest BCUT2D eigenvalue weighted by atomic mass is 16.8. The molecule has 2 saturated carbocycles. The predicted octanol–water partition coefficient (Wildman–Crippen LogP) is 1.25. The zero-order chi connectivity index (χ0) is 12.9. The molecule has 6 heteroatoms. The molecule has 3 aliphatic rings. The second-order valence-corrected chi connectivity index (χ2v) is 5.32. The van der Waals surface area contributed by atoms with E-state index in [-0.39, 0.29) is 18.9 Å². The largest absolute Gasteiger partial charge is 0.534 e. The van der Waals surface area contributed by atoms with Gasteiger partial charge < -0.3 is 4.74 Å². The molecule has 2 amide bonds. The van der Waals surface area contributed by atoms with Gasteiger partial charge in [0.1, 0.15) is 6.10 Å². The third-order valence-electron chi connectivity index (χ3n) is 4.26. The van der Waals surface area contributed by atoms with Crippen molar-refractivity contribution in [1.82, 2.24) is 5.06 Å². The van der Waals surface area contributed by atoms with Crippen molar-refractivity contribution in [1.29, 1.82) is 0 Å². The topological polar surface area (TPSA) is 72.9 Å². The van der Waals surface area contributed by atoms with Crippen molar-refractivity contribution in [2.75, 3.05) is 0 Å². The van der Waals surface area contributed by atoms with Crippen LogP contribution in [0.15, 0.2) is 0 Å². The molecule has 0 aromatic carbocycles. The summed E-state index contributed by atoms with van der Waals surface area (Å²) in [5.41, 5.74) is 0. The average molecular weight is 253 g/mol. The van der Waals surface area contributed by atoms with E-state index in [4.69, 9.17) is 4.74 Å². The molecule has 0 N–H and O–H groups in total. The summed E-state index contributed by atoms with van der Waals surface area (Å²) in [7, 11) is 0. The Morgan fingerprint density at radius 3 is 2.28 bits per heavy atom. The molecular weight excluding hydrogens is 238 g/mol. The maximum absolute atomic E-state index is 11.5. The number of hydrogen-bond donors (Lipinski definition) is 0. The van der Waals surface area contributed by atoms with Crippen LogP contribution in [0.25, 0.3) is 0 Å². The van der Waals surface area contributed by atoms with E-state index in [9.17, 15) is 14.4 Å². The third-order valence-corrected chi connectivity index (χ3v) is 4.26. The van der Waals surface area contributed by atoms with Crippen LogP contribution in [0.2, 0.25) is 0 Å². The first-order valence-corrected chi connectivity index (χ1v) is 6.30. The first-order valence-electron chi connectivity index (χ1n) is 6.30. The number of hydroxylamine groups is 2. The molecule has 0 radical (unpaired) electrons. The fraction of sp³-hybridized carbons (Fsp3) is 0.750. The van der Waals surface area contributed by atoms with Gasteiger partial charge in [-0.15, -0.1) is 0 Å². The molecule has 0 aromatic rings. The zero-order valence-corrected chi connectivity index (χ0v) is 10.1. The highest BCUT2D eigenvalue weighted by Gasteiger charge is 2.54. The molecule has 0 aromatic heterocycles. The second kappa shape index (κ2) is 3.96. The van der Waals surface area contributed by atoms with Gasteiger partial charge in [0.15, 0.2) is 0 Å². The van der Waals surface area contributed by atoms with Gasteiger partial charge in [-0.05, 0) is 30.6 Å². The third kappa shape index (κ3) is 1.85. The molecule has 98 valence electrons. The van der Waals surface area contributed by atoms with E-state index in [1.165, 1.54) is 0 Å². The molecule has 3 fully saturated rings. The van der Waals surface area contributed by atoms with E-state index in [1.807, 2.05) is 0 Å². The smallest absolute Gasteiger partial charge is 0.429 e. The van der Waals surface area contributed by atoms with Crippen LogP contribution in [0, 0.1) is 17.8 Å². The molecule has 18 heavy (non-hydrogen) atoms. The van der Waals surface area contributed by atoms with Gasteiger partial charge in [0.25, 0.3) is 11.8 Å². The quantitative estimate of drug-likeness (QED) is 0.547. The number of carbonyl (C=O) groups excluding carboxylic acids is 3. The van der Waals surface area contributed by atoms with Crippen LogP contribution in [-0.2, 0) is 19.2 Å². The van der Waals surface area contributed by atoms with E-state index in [1.54, 1.807) is 0 Å². The van der Waals surface area contributed by atoms with E-state index in [2.05, 4.69) is 11.8 Å². The number of rotatable bonds is 2. The van der Waals surface area contributed by atoms with Crippen molar-refractivity contribution >= 4 is 18.0 Å². The lowest BCUT2D eigenvalue weighted by molar-refractivity contribution is -0.178. The number of nitrogens with zero attached hydrogens (tertiary/aromatic N) is 1. The molecule has 2 aliphatic carbocycles. The predicted molar refractivity (Wildman–Crippen MR) is 57.8 cm³/mol. The number of amides is 2. The molecule has 3 rings (SSSR count). The van der Waals surface area contributed by atoms with Crippen LogP contribution in [0.4, 0.5) is 4.79 Å². The summed E-state index contributed by atoms with van der Waals surface area (Å²) in [6.45, 7) is 2.20. The van der Waals surface area contributed by atoms with E-state index < -0.39 is 18.0 Å². The number of hydrogen-bond acceptors (Lipinski definition) is 5. The SMILES string of the molecule is CC1[C@H]2CC(OC(=O)ON3C(=O)CCC3=O)C[C@@H]12. The lowest BCUT2D eigenvalue weighted by atomic mass is 10.1. The standard InChI is InChI=1S/C12H15NO5/c1-6-8-4-7(5-9(6)8)17-12(16)18-13-10(14)2-3-11(13)15/h6-9H,2-5H2,1H3/t6?,7?,8-,9+. The first kappa shape index (κ1) is 11.5. The Labute approximate surface area is 104 Å². The Hall–Kier alpha value is -1.59. The van der Waals surface area contributed by atoms with Crippen molar-refractivity contribution in [3.05, 3.63) is 0 Å². The second-order valence-electron chi connectivity index (χ2n) is 5.32. The maximum Gasteiger partial charge on any atom is 0.534 e. The van der Waals surface area contributed by atoms with Gasteiger partial charge in [-0.3, -0.25) is 14.4 Å². The molecule has 1 saturated heterocycles. The molecule has 0 bridgehead atoms. The van der Waals surface area contributed by atoms with Gasteiger partial charge in [0.05, 0.1) is 0 Å². The lowest BCUT2D eigenvalue weighted by Gasteiger charge is -2.16. The van der Waals surface area contributed by atoms with Crippen LogP contribution in [0.3, 0.4) is 0 Å². The minimum absolute atomic E-state index is 0.0944. The average Bonchev–Trinajstić information content (AvgIpc) is 2.67. The maximum atomic E-state index is 11.5. The zero-order valence-electron chi connectivity index (χ0n) is 10.1. The van der Waals surface area contributed by atoms with Gasteiger partial charge in [0, 0.05) is 12.8 Å². The monoisotopic (exact) mass is 253 g/mol. The Balaban J connectivity index is 1.48. The highest BCUT2D eigenvalue weighted by molar-refractivity contribution is 6.01. The number of carbonyl (C=O) groups is 3. The van der Waals surface area contributed by atoms with Crippen LogP contribution in [0.1, 0.15) is 32.6 Å². The summed E-state index contributed by atoms with van der Waals surface area (Å²) in [5, 5.41) is 0.515. The fourth-order valence-electron chi connectivity index (χ4n) is 3.11. The van der Waals surface area contributed by atoms with E-state index in [0.717, 1.165) is 18.8 Å². The Morgan fingerprint density at radius 2 is 1.72 bits per heavy atom. The highest BCUT2D eigenvalue weighted by Crippen LogP contribution is 2.57. The molecular formula is C12H15NO5. The summed E-state index contributed by atoms with van der Waals surface area (Å²) in [6, 6.07) is 0. The Bertz CT molecular complexity index is 393. The molecule has 6 nitrogen and oxygen atoms in total. The fourth-order valence-corrected chi connectivity index (χ4v) is 3.11. The Morgan fingerprint density at radius 1 is 1.17 bits per heavy atom. The summed E-state index contributed by atoms with van der Waals surface area (Å²) in [5.74, 6) is 1.10. The summed E-state index contributed by atoms with van der Waals surface area (Å²) in [4.78, 5) is 38.6. The van der Waals surface area contributed by atoms with Gasteiger partial charge in [0.2, 0.25) is 0 Å². The van der Waals surface area contributed by atoms with Crippen LogP contribution in [0.5, 0.6) is 0 Å². The molecule has 1 aliphatic heterocycles. The van der Waals surface area contributed by atoms with E-state index in [0.29, 0.717) is 16.9 Å². The number of imide groups is 1. The summed E-state index contributed by atoms with van der Waals surface area (Å²) >= 11 is 0. The molecule has 0 spiro atoms. The van der Waals surface area contributed by atoms with Crippen molar-refractivity contribution in [2.24, 2.45) is 17.8 Å². The lowest BCUT2D eigenvalue weighted by Crippen LogP contribution is -2.33. The normalized spacial score (nSPS) is 37.7. The van der Waals surface area contributed by atoms with Crippen LogP contribution >= 0.6 is 0 Å². The number of fused-ring (bicyclic) bond motifs is 1. The summed E-state index contributed by atoms with van der Waals surface area (Å²) < 4.78 is 5.11. The minimum Gasteiger partial charge on any atom is -0.429 e. The van der Waals surface area contributed by atoms with E-state index >= 15 is 0 Å². The molecule has 4 atom stereocenters. The Kier molecular flexibility index (Phi) is 2.53. The van der Waals surface area contributed by atoms with Gasteiger partial charge in [-0.1, -0.05) is 12.0 Å². The van der Waals surface area contributed by atoms with Gasteiger partial charge in [-0.2, -0.15) is 0 Å². The van der Waals surface area contributed by atoms with Gasteiger partial charge >= 0.3 is 6.16 Å². The number of ether oxygens (including phenoxy) is 1. The van der Waals surface area contributed by atoms with Crippen molar-refractivity contribution in [3.63, 3.8) is 0 Å².